The van der Waals surface area contributed by atoms with Crippen molar-refractivity contribution < 1.29 is 4.74 Å². The van der Waals surface area contributed by atoms with Crippen LogP contribution in [-0.4, -0.2) is 22.1 Å². The number of aryl methyl sites for hydroxylation is 2. The van der Waals surface area contributed by atoms with Crippen LogP contribution in [0.5, 0.6) is 5.75 Å². The van der Waals surface area contributed by atoms with Crippen molar-refractivity contribution in [3.63, 3.8) is 0 Å². The quantitative estimate of drug-likeness (QED) is 0.771. The Morgan fingerprint density at radius 3 is 2.57 bits per heavy atom. The number of nitrogens with zero attached hydrogens (tertiary/aromatic N) is 2. The number of aromatic amines is 1. The number of ether oxygens (including phenoxy) is 1. The minimum Gasteiger partial charge on any atom is -0.497 e. The molecule has 2 N–H and O–H groups in total. The van der Waals surface area contributed by atoms with Gasteiger partial charge in [0.1, 0.15) is 5.75 Å². The van der Waals surface area contributed by atoms with Gasteiger partial charge in [0, 0.05) is 28.0 Å². The van der Waals surface area contributed by atoms with Gasteiger partial charge in [0.25, 0.3) is 0 Å². The zero-order chi connectivity index (χ0) is 14.8. The number of anilines is 1. The summed E-state index contributed by atoms with van der Waals surface area (Å²) in [5, 5.41) is 4.38. The molecule has 0 aliphatic rings. The van der Waals surface area contributed by atoms with E-state index in [9.17, 15) is 0 Å². The Labute approximate surface area is 123 Å². The van der Waals surface area contributed by atoms with E-state index in [-0.39, 0.29) is 0 Å². The van der Waals surface area contributed by atoms with Gasteiger partial charge < -0.3 is 15.0 Å². The van der Waals surface area contributed by atoms with E-state index in [1.165, 1.54) is 0 Å². The van der Waals surface area contributed by atoms with Crippen molar-refractivity contribution in [3.8, 4) is 5.75 Å². The van der Waals surface area contributed by atoms with E-state index in [0.717, 1.165) is 33.7 Å². The van der Waals surface area contributed by atoms with Crippen LogP contribution >= 0.6 is 0 Å². The van der Waals surface area contributed by atoms with E-state index in [1.54, 1.807) is 7.11 Å². The van der Waals surface area contributed by atoms with Crippen LogP contribution < -0.4 is 10.1 Å². The molecule has 0 fully saturated rings. The lowest BCUT2D eigenvalue weighted by Crippen LogP contribution is -2.05. The maximum atomic E-state index is 5.24. The van der Waals surface area contributed by atoms with E-state index in [1.807, 2.05) is 38.1 Å². The summed E-state index contributed by atoms with van der Waals surface area (Å²) in [6, 6.07) is 10.0. The zero-order valence-corrected chi connectivity index (χ0v) is 12.4. The number of H-pyrrole nitrogens is 1. The molecule has 0 saturated heterocycles. The van der Waals surface area contributed by atoms with Crippen molar-refractivity contribution in [1.29, 1.82) is 0 Å². The van der Waals surface area contributed by atoms with E-state index in [4.69, 9.17) is 4.74 Å². The fourth-order valence-corrected chi connectivity index (χ4v) is 2.37. The second kappa shape index (κ2) is 5.44. The molecule has 3 rings (SSSR count). The molecule has 21 heavy (non-hydrogen) atoms. The normalized spacial score (nSPS) is 10.8. The predicted molar refractivity (Wildman–Crippen MR) is 83.7 cm³/mol. The second-order valence-electron chi connectivity index (χ2n) is 5.08. The first kappa shape index (κ1) is 13.4. The van der Waals surface area contributed by atoms with E-state index in [2.05, 4.69) is 26.3 Å². The Bertz CT molecular complexity index is 759. The molecular weight excluding hydrogens is 264 g/mol. The van der Waals surface area contributed by atoms with Crippen molar-refractivity contribution in [2.75, 3.05) is 12.4 Å². The predicted octanol–water partition coefficient (Wildman–Crippen LogP) is 3.20. The topological polar surface area (TPSA) is 62.8 Å². The highest BCUT2D eigenvalue weighted by Crippen LogP contribution is 2.21. The molecular formula is C16H18N4O. The monoisotopic (exact) mass is 282 g/mol. The van der Waals surface area contributed by atoms with Gasteiger partial charge >= 0.3 is 0 Å². The van der Waals surface area contributed by atoms with Gasteiger partial charge in [-0.2, -0.15) is 0 Å². The minimum absolute atomic E-state index is 0.653. The lowest BCUT2D eigenvalue weighted by Gasteiger charge is -2.05. The fraction of sp³-hybridized carbons (Fsp3) is 0.250. The minimum atomic E-state index is 0.653. The number of benzene rings is 1. The lowest BCUT2D eigenvalue weighted by atomic mass is 10.2. The number of hydrogen-bond acceptors (Lipinski definition) is 4. The van der Waals surface area contributed by atoms with Gasteiger partial charge in [0.15, 0.2) is 0 Å². The van der Waals surface area contributed by atoms with Crippen LogP contribution in [-0.2, 0) is 6.54 Å². The summed E-state index contributed by atoms with van der Waals surface area (Å²) < 4.78 is 5.24. The highest BCUT2D eigenvalue weighted by molar-refractivity contribution is 5.82. The molecule has 2 heterocycles. The highest BCUT2D eigenvalue weighted by Gasteiger charge is 2.04. The van der Waals surface area contributed by atoms with Crippen molar-refractivity contribution in [2.45, 2.75) is 20.4 Å². The van der Waals surface area contributed by atoms with Gasteiger partial charge in [-0.1, -0.05) is 0 Å². The van der Waals surface area contributed by atoms with Crippen LogP contribution in [0, 0.1) is 13.8 Å². The summed E-state index contributed by atoms with van der Waals surface area (Å²) in [6.45, 7) is 4.59. The van der Waals surface area contributed by atoms with Crippen molar-refractivity contribution in [3.05, 3.63) is 47.4 Å². The number of nitrogens with one attached hydrogen (secondary N) is 2. The molecule has 0 aliphatic carbocycles. The standard InChI is InChI=1S/C16H18N4O/c1-10-6-11(2)19-16(18-10)17-9-13-7-12-8-14(21-3)4-5-15(12)20-13/h4-8,20H,9H2,1-3H3,(H,17,18,19). The summed E-state index contributed by atoms with van der Waals surface area (Å²) in [5.74, 6) is 1.52. The Kier molecular flexibility index (Phi) is 3.48. The van der Waals surface area contributed by atoms with Gasteiger partial charge in [-0.15, -0.1) is 0 Å². The molecule has 5 heteroatoms. The molecule has 1 aromatic carbocycles. The zero-order valence-electron chi connectivity index (χ0n) is 12.4. The molecule has 5 nitrogen and oxygen atoms in total. The number of rotatable bonds is 4. The van der Waals surface area contributed by atoms with Crippen LogP contribution in [0.25, 0.3) is 10.9 Å². The molecule has 108 valence electrons. The van der Waals surface area contributed by atoms with Gasteiger partial charge in [-0.3, -0.25) is 0 Å². The number of aromatic nitrogens is 3. The van der Waals surface area contributed by atoms with Crippen molar-refractivity contribution >= 4 is 16.9 Å². The van der Waals surface area contributed by atoms with E-state index < -0.39 is 0 Å². The third-order valence-corrected chi connectivity index (χ3v) is 3.30. The van der Waals surface area contributed by atoms with Gasteiger partial charge in [0.2, 0.25) is 5.95 Å². The maximum Gasteiger partial charge on any atom is 0.223 e. The first-order valence-corrected chi connectivity index (χ1v) is 6.86. The number of fused-ring (bicyclic) bond motifs is 1. The van der Waals surface area contributed by atoms with Crippen LogP contribution in [0.4, 0.5) is 5.95 Å². The summed E-state index contributed by atoms with van der Waals surface area (Å²) in [6.07, 6.45) is 0. The molecule has 0 radical (unpaired) electrons. The van der Waals surface area contributed by atoms with Crippen LogP contribution in [0.2, 0.25) is 0 Å². The Balaban J connectivity index is 1.78. The van der Waals surface area contributed by atoms with Crippen LogP contribution in [0.15, 0.2) is 30.3 Å². The molecule has 3 aromatic rings. The molecule has 0 unspecified atom stereocenters. The molecule has 0 atom stereocenters. The first-order chi connectivity index (χ1) is 10.1. The molecule has 2 aromatic heterocycles. The number of hydrogen-bond donors (Lipinski definition) is 2. The van der Waals surface area contributed by atoms with Crippen molar-refractivity contribution in [1.82, 2.24) is 15.0 Å². The highest BCUT2D eigenvalue weighted by atomic mass is 16.5. The molecule has 0 saturated carbocycles. The average molecular weight is 282 g/mol. The van der Waals surface area contributed by atoms with E-state index >= 15 is 0 Å². The molecule has 0 bridgehead atoms. The van der Waals surface area contributed by atoms with Gasteiger partial charge in [0.05, 0.1) is 13.7 Å². The summed E-state index contributed by atoms with van der Waals surface area (Å²) in [4.78, 5) is 12.1. The van der Waals surface area contributed by atoms with Crippen LogP contribution in [0.1, 0.15) is 17.1 Å². The SMILES string of the molecule is COc1ccc2[nH]c(CNc3nc(C)cc(C)n3)cc2c1. The Morgan fingerprint density at radius 1 is 1.10 bits per heavy atom. The molecule has 0 aliphatic heterocycles. The number of methoxy groups -OCH3 is 1. The Morgan fingerprint density at radius 2 is 1.86 bits per heavy atom. The molecule has 0 spiro atoms. The van der Waals surface area contributed by atoms with Gasteiger partial charge in [-0.25, -0.2) is 9.97 Å². The molecule has 0 amide bonds. The van der Waals surface area contributed by atoms with Crippen LogP contribution in [0.3, 0.4) is 0 Å². The summed E-state index contributed by atoms with van der Waals surface area (Å²) in [7, 11) is 1.67. The summed E-state index contributed by atoms with van der Waals surface area (Å²) in [5.41, 5.74) is 4.10. The third kappa shape index (κ3) is 2.97. The lowest BCUT2D eigenvalue weighted by molar-refractivity contribution is 0.415. The largest absolute Gasteiger partial charge is 0.497 e. The fourth-order valence-electron chi connectivity index (χ4n) is 2.37. The smallest absolute Gasteiger partial charge is 0.223 e. The second-order valence-corrected chi connectivity index (χ2v) is 5.08. The Hall–Kier alpha value is -2.56. The van der Waals surface area contributed by atoms with Gasteiger partial charge in [-0.05, 0) is 44.2 Å². The third-order valence-electron chi connectivity index (χ3n) is 3.30. The summed E-state index contributed by atoms with van der Waals surface area (Å²) >= 11 is 0. The first-order valence-electron chi connectivity index (χ1n) is 6.86. The van der Waals surface area contributed by atoms with Crippen molar-refractivity contribution in [2.24, 2.45) is 0 Å². The average Bonchev–Trinajstić information content (AvgIpc) is 2.85. The maximum absolute atomic E-state index is 5.24. The van der Waals surface area contributed by atoms with E-state index in [0.29, 0.717) is 12.5 Å².